The van der Waals surface area contributed by atoms with Gasteiger partial charge < -0.3 is 14.6 Å². The van der Waals surface area contributed by atoms with Crippen LogP contribution in [0.15, 0.2) is 52.4 Å². The second-order valence-corrected chi connectivity index (χ2v) is 5.99. The summed E-state index contributed by atoms with van der Waals surface area (Å²) in [7, 11) is 1.75. The summed E-state index contributed by atoms with van der Waals surface area (Å²) in [6, 6.07) is 11.6. The van der Waals surface area contributed by atoms with E-state index in [1.807, 2.05) is 41.8 Å². The number of nitrogens with zero attached hydrogens (tertiary/aromatic N) is 2. The zero-order chi connectivity index (χ0) is 16.2. The Morgan fingerprint density at radius 3 is 2.87 bits per heavy atom. The standard InChI is InChI=1S/C17H17N3O2S/c1-12(21)20(2)14-7-4-3-6-13(14)18-11-17-19-10-15(22-17)16-8-5-9-23-16/h3-10,18H,11H2,1-2H3. The summed E-state index contributed by atoms with van der Waals surface area (Å²) in [6.45, 7) is 1.99. The molecule has 0 unspecified atom stereocenters. The predicted octanol–water partition coefficient (Wildman–Crippen LogP) is 4.00. The van der Waals surface area contributed by atoms with Crippen LogP contribution in [-0.2, 0) is 11.3 Å². The van der Waals surface area contributed by atoms with Gasteiger partial charge in [-0.2, -0.15) is 0 Å². The molecule has 1 aromatic carbocycles. The van der Waals surface area contributed by atoms with Crippen LogP contribution >= 0.6 is 11.3 Å². The lowest BCUT2D eigenvalue weighted by atomic mass is 10.2. The van der Waals surface area contributed by atoms with E-state index in [1.165, 1.54) is 6.92 Å². The van der Waals surface area contributed by atoms with Crippen LogP contribution in [0.3, 0.4) is 0 Å². The summed E-state index contributed by atoms with van der Waals surface area (Å²) in [6.07, 6.45) is 1.73. The average Bonchev–Trinajstić information content (AvgIpc) is 3.23. The van der Waals surface area contributed by atoms with Crippen LogP contribution < -0.4 is 10.2 Å². The van der Waals surface area contributed by atoms with Crippen molar-refractivity contribution in [3.05, 3.63) is 53.9 Å². The van der Waals surface area contributed by atoms with E-state index in [4.69, 9.17) is 4.42 Å². The summed E-state index contributed by atoms with van der Waals surface area (Å²) >= 11 is 1.62. The Bertz CT molecular complexity index is 796. The molecule has 0 saturated carbocycles. The van der Waals surface area contributed by atoms with Crippen LogP contribution in [0.5, 0.6) is 0 Å². The fourth-order valence-electron chi connectivity index (χ4n) is 2.18. The highest BCUT2D eigenvalue weighted by Gasteiger charge is 2.11. The Kier molecular flexibility index (Phi) is 4.43. The van der Waals surface area contributed by atoms with E-state index in [-0.39, 0.29) is 5.91 Å². The molecule has 0 saturated heterocycles. The molecule has 0 aliphatic rings. The number of hydrogen-bond donors (Lipinski definition) is 1. The first-order chi connectivity index (χ1) is 11.1. The number of carbonyl (C=O) groups is 1. The van der Waals surface area contributed by atoms with Gasteiger partial charge in [0.25, 0.3) is 0 Å². The molecule has 0 spiro atoms. The Balaban J connectivity index is 1.73. The number of thiophene rings is 1. The highest BCUT2D eigenvalue weighted by atomic mass is 32.1. The van der Waals surface area contributed by atoms with E-state index in [0.29, 0.717) is 12.4 Å². The molecule has 0 radical (unpaired) electrons. The Labute approximate surface area is 138 Å². The number of benzene rings is 1. The summed E-state index contributed by atoms with van der Waals surface area (Å²) in [5, 5.41) is 5.28. The van der Waals surface area contributed by atoms with Crippen molar-refractivity contribution in [2.24, 2.45) is 0 Å². The quantitative estimate of drug-likeness (QED) is 0.769. The van der Waals surface area contributed by atoms with Gasteiger partial charge >= 0.3 is 0 Å². The van der Waals surface area contributed by atoms with Gasteiger partial charge in [-0.1, -0.05) is 18.2 Å². The maximum atomic E-state index is 11.6. The third kappa shape index (κ3) is 3.43. The Hall–Kier alpha value is -2.60. The molecule has 0 fully saturated rings. The molecule has 0 atom stereocenters. The topological polar surface area (TPSA) is 58.4 Å². The number of amides is 1. The number of nitrogens with one attached hydrogen (secondary N) is 1. The van der Waals surface area contributed by atoms with Crippen molar-refractivity contribution in [2.75, 3.05) is 17.3 Å². The molecule has 1 N–H and O–H groups in total. The number of carbonyl (C=O) groups excluding carboxylic acids is 1. The second kappa shape index (κ2) is 6.66. The SMILES string of the molecule is CC(=O)N(C)c1ccccc1NCc1ncc(-c2cccs2)o1. The van der Waals surface area contributed by atoms with E-state index in [0.717, 1.165) is 22.0 Å². The van der Waals surface area contributed by atoms with Gasteiger partial charge in [0.2, 0.25) is 11.8 Å². The molecule has 6 heteroatoms. The van der Waals surface area contributed by atoms with Crippen molar-refractivity contribution in [3.63, 3.8) is 0 Å². The lowest BCUT2D eigenvalue weighted by Gasteiger charge is -2.19. The largest absolute Gasteiger partial charge is 0.438 e. The van der Waals surface area contributed by atoms with E-state index >= 15 is 0 Å². The number of aromatic nitrogens is 1. The van der Waals surface area contributed by atoms with Gasteiger partial charge in [-0.3, -0.25) is 4.79 Å². The number of hydrogen-bond acceptors (Lipinski definition) is 5. The van der Waals surface area contributed by atoms with E-state index in [1.54, 1.807) is 29.5 Å². The van der Waals surface area contributed by atoms with Gasteiger partial charge in [-0.15, -0.1) is 11.3 Å². The molecule has 0 aliphatic heterocycles. The van der Waals surface area contributed by atoms with Gasteiger partial charge in [0.1, 0.15) is 0 Å². The lowest BCUT2D eigenvalue weighted by Crippen LogP contribution is -2.23. The molecule has 5 nitrogen and oxygen atoms in total. The molecule has 2 heterocycles. The predicted molar refractivity (Wildman–Crippen MR) is 92.7 cm³/mol. The minimum atomic E-state index is -0.0182. The second-order valence-electron chi connectivity index (χ2n) is 5.04. The summed E-state index contributed by atoms with van der Waals surface area (Å²) in [5.74, 6) is 1.36. The zero-order valence-electron chi connectivity index (χ0n) is 12.9. The minimum Gasteiger partial charge on any atom is -0.438 e. The molecule has 23 heavy (non-hydrogen) atoms. The number of rotatable bonds is 5. The minimum absolute atomic E-state index is 0.0182. The average molecular weight is 327 g/mol. The van der Waals surface area contributed by atoms with Crippen LogP contribution in [0, 0.1) is 0 Å². The molecule has 3 aromatic rings. The molecular weight excluding hydrogens is 310 g/mol. The van der Waals surface area contributed by atoms with Crippen LogP contribution in [0.2, 0.25) is 0 Å². The zero-order valence-corrected chi connectivity index (χ0v) is 13.8. The highest BCUT2D eigenvalue weighted by molar-refractivity contribution is 7.13. The third-order valence-corrected chi connectivity index (χ3v) is 4.37. The third-order valence-electron chi connectivity index (χ3n) is 3.49. The number of anilines is 2. The summed E-state index contributed by atoms with van der Waals surface area (Å²) in [5.41, 5.74) is 1.69. The molecule has 1 amide bonds. The first kappa shape index (κ1) is 15.3. The van der Waals surface area contributed by atoms with Crippen LogP contribution in [-0.4, -0.2) is 17.9 Å². The van der Waals surface area contributed by atoms with Gasteiger partial charge in [0.15, 0.2) is 5.76 Å². The molecule has 118 valence electrons. The van der Waals surface area contributed by atoms with Gasteiger partial charge in [-0.05, 0) is 23.6 Å². The normalized spacial score (nSPS) is 10.5. The fraction of sp³-hybridized carbons (Fsp3) is 0.176. The van der Waals surface area contributed by atoms with Crippen molar-refractivity contribution < 1.29 is 9.21 Å². The van der Waals surface area contributed by atoms with Crippen molar-refractivity contribution in [1.29, 1.82) is 0 Å². The molecular formula is C17H17N3O2S. The molecule has 0 aliphatic carbocycles. The smallest absolute Gasteiger partial charge is 0.223 e. The van der Waals surface area contributed by atoms with Crippen molar-refractivity contribution >= 4 is 28.6 Å². The van der Waals surface area contributed by atoms with Crippen molar-refractivity contribution in [1.82, 2.24) is 4.98 Å². The number of para-hydroxylation sites is 2. The fourth-order valence-corrected chi connectivity index (χ4v) is 2.85. The molecule has 2 aromatic heterocycles. The summed E-state index contributed by atoms with van der Waals surface area (Å²) < 4.78 is 5.75. The molecule has 0 bridgehead atoms. The highest BCUT2D eigenvalue weighted by Crippen LogP contribution is 2.27. The van der Waals surface area contributed by atoms with Crippen LogP contribution in [0.1, 0.15) is 12.8 Å². The van der Waals surface area contributed by atoms with Gasteiger partial charge in [-0.25, -0.2) is 4.98 Å². The lowest BCUT2D eigenvalue weighted by molar-refractivity contribution is -0.116. The van der Waals surface area contributed by atoms with Crippen LogP contribution in [0.4, 0.5) is 11.4 Å². The van der Waals surface area contributed by atoms with E-state index in [9.17, 15) is 4.79 Å². The van der Waals surface area contributed by atoms with E-state index in [2.05, 4.69) is 10.3 Å². The Morgan fingerprint density at radius 1 is 1.30 bits per heavy atom. The first-order valence-electron chi connectivity index (χ1n) is 7.21. The van der Waals surface area contributed by atoms with Crippen LogP contribution in [0.25, 0.3) is 10.6 Å². The van der Waals surface area contributed by atoms with E-state index < -0.39 is 0 Å². The molecule has 3 rings (SSSR count). The first-order valence-corrected chi connectivity index (χ1v) is 8.09. The number of oxazole rings is 1. The summed E-state index contributed by atoms with van der Waals surface area (Å²) in [4.78, 5) is 18.5. The monoisotopic (exact) mass is 327 g/mol. The Morgan fingerprint density at radius 2 is 2.13 bits per heavy atom. The van der Waals surface area contributed by atoms with Crippen molar-refractivity contribution in [2.45, 2.75) is 13.5 Å². The van der Waals surface area contributed by atoms with Crippen molar-refractivity contribution in [3.8, 4) is 10.6 Å². The maximum absolute atomic E-state index is 11.6. The van der Waals surface area contributed by atoms with Gasteiger partial charge in [0, 0.05) is 14.0 Å². The van der Waals surface area contributed by atoms with Gasteiger partial charge in [0.05, 0.1) is 29.0 Å². The maximum Gasteiger partial charge on any atom is 0.223 e.